The number of benzene rings is 2. The summed E-state index contributed by atoms with van der Waals surface area (Å²) in [6.07, 6.45) is -2.07. The molecule has 0 saturated carbocycles. The molecule has 0 aliphatic heterocycles. The molecular formula is C23H19F3N2O3S. The van der Waals surface area contributed by atoms with Gasteiger partial charge in [-0.15, -0.1) is 11.3 Å². The van der Waals surface area contributed by atoms with Crippen LogP contribution in [0.5, 0.6) is 0 Å². The molecule has 5 nitrogen and oxygen atoms in total. The Morgan fingerprint density at radius 3 is 2.69 bits per heavy atom. The van der Waals surface area contributed by atoms with Gasteiger partial charge in [0.15, 0.2) is 0 Å². The van der Waals surface area contributed by atoms with Crippen LogP contribution in [0.4, 0.5) is 18.9 Å². The van der Waals surface area contributed by atoms with Gasteiger partial charge in [0.25, 0.3) is 0 Å². The fraction of sp³-hybridized carbons (Fsp3) is 0.174. The van der Waals surface area contributed by atoms with Crippen molar-refractivity contribution in [1.29, 1.82) is 0 Å². The maximum atomic E-state index is 12.7. The lowest BCUT2D eigenvalue weighted by molar-refractivity contribution is -0.139. The van der Waals surface area contributed by atoms with E-state index >= 15 is 0 Å². The molecular weight excluding hydrogens is 441 g/mol. The van der Waals surface area contributed by atoms with Crippen LogP contribution in [-0.2, 0) is 33.5 Å². The zero-order chi connectivity index (χ0) is 23.1. The maximum Gasteiger partial charge on any atom is 0.416 e. The third-order valence-electron chi connectivity index (χ3n) is 4.32. The van der Waals surface area contributed by atoms with Crippen LogP contribution in [0.3, 0.4) is 0 Å². The number of rotatable bonds is 7. The highest BCUT2D eigenvalue weighted by molar-refractivity contribution is 7.09. The molecule has 0 saturated heterocycles. The summed E-state index contributed by atoms with van der Waals surface area (Å²) in [5.74, 6) is -0.921. The molecule has 0 aliphatic carbocycles. The predicted molar refractivity (Wildman–Crippen MR) is 116 cm³/mol. The summed E-state index contributed by atoms with van der Waals surface area (Å²) < 4.78 is 43.3. The third-order valence-corrected chi connectivity index (χ3v) is 5.22. The number of nitrogens with one attached hydrogen (secondary N) is 1. The van der Waals surface area contributed by atoms with Crippen molar-refractivity contribution < 1.29 is 27.5 Å². The monoisotopic (exact) mass is 460 g/mol. The number of para-hydroxylation sites is 1. The second-order valence-corrected chi connectivity index (χ2v) is 7.78. The molecule has 0 spiro atoms. The fourth-order valence-electron chi connectivity index (χ4n) is 2.72. The van der Waals surface area contributed by atoms with E-state index in [0.717, 1.165) is 29.5 Å². The molecule has 0 fully saturated rings. The number of alkyl halides is 3. The van der Waals surface area contributed by atoms with Crippen molar-refractivity contribution in [3.05, 3.63) is 87.4 Å². The van der Waals surface area contributed by atoms with E-state index in [1.165, 1.54) is 29.5 Å². The SMILES string of the molecule is Cc1ccccc1NC(=O)Cc1nc(COC(=O)/C=C/c2cccc(C(F)(F)F)c2)cs1. The van der Waals surface area contributed by atoms with Crippen molar-refractivity contribution in [3.63, 3.8) is 0 Å². The molecule has 0 unspecified atom stereocenters. The molecule has 0 radical (unpaired) electrons. The summed E-state index contributed by atoms with van der Waals surface area (Å²) in [5.41, 5.74) is 1.60. The Balaban J connectivity index is 1.49. The van der Waals surface area contributed by atoms with Crippen LogP contribution in [0.1, 0.15) is 27.4 Å². The lowest BCUT2D eigenvalue weighted by Gasteiger charge is -2.06. The Labute approximate surface area is 186 Å². The number of esters is 1. The molecule has 3 aromatic rings. The van der Waals surface area contributed by atoms with Crippen LogP contribution in [-0.4, -0.2) is 16.9 Å². The van der Waals surface area contributed by atoms with Gasteiger partial charge >= 0.3 is 12.1 Å². The number of ether oxygens (including phenoxy) is 1. The summed E-state index contributed by atoms with van der Waals surface area (Å²) in [5, 5.41) is 5.08. The molecule has 1 aromatic heterocycles. The second kappa shape index (κ2) is 10.2. The van der Waals surface area contributed by atoms with Crippen molar-refractivity contribution in [2.75, 3.05) is 5.32 Å². The van der Waals surface area contributed by atoms with Crippen LogP contribution < -0.4 is 5.32 Å². The molecule has 0 aliphatic rings. The smallest absolute Gasteiger partial charge is 0.416 e. The van der Waals surface area contributed by atoms with Gasteiger partial charge in [0.05, 0.1) is 17.7 Å². The number of aryl methyl sites for hydroxylation is 1. The minimum Gasteiger partial charge on any atom is -0.456 e. The van der Waals surface area contributed by atoms with Gasteiger partial charge in [-0.05, 0) is 42.3 Å². The largest absolute Gasteiger partial charge is 0.456 e. The first-order chi connectivity index (χ1) is 15.2. The number of aromatic nitrogens is 1. The second-order valence-electron chi connectivity index (χ2n) is 6.84. The van der Waals surface area contributed by atoms with E-state index in [2.05, 4.69) is 10.3 Å². The minimum absolute atomic E-state index is 0.0857. The Bertz CT molecular complexity index is 1140. The number of amides is 1. The van der Waals surface area contributed by atoms with Gasteiger partial charge in [-0.1, -0.05) is 30.3 Å². The predicted octanol–water partition coefficient (Wildman–Crippen LogP) is 5.41. The summed E-state index contributed by atoms with van der Waals surface area (Å²) >= 11 is 1.27. The summed E-state index contributed by atoms with van der Waals surface area (Å²) in [4.78, 5) is 28.4. The van der Waals surface area contributed by atoms with E-state index in [0.29, 0.717) is 10.7 Å². The number of carbonyl (C=O) groups excluding carboxylic acids is 2. The first-order valence-corrected chi connectivity index (χ1v) is 10.4. The molecule has 2 aromatic carbocycles. The van der Waals surface area contributed by atoms with E-state index in [-0.39, 0.29) is 24.5 Å². The summed E-state index contributed by atoms with van der Waals surface area (Å²) in [7, 11) is 0. The Morgan fingerprint density at radius 2 is 1.94 bits per heavy atom. The van der Waals surface area contributed by atoms with Gasteiger partial charge in [0.1, 0.15) is 11.6 Å². The van der Waals surface area contributed by atoms with E-state index in [1.54, 1.807) is 5.38 Å². The molecule has 1 amide bonds. The number of thiazole rings is 1. The van der Waals surface area contributed by atoms with Crippen molar-refractivity contribution in [2.45, 2.75) is 26.1 Å². The van der Waals surface area contributed by atoms with E-state index in [4.69, 9.17) is 4.74 Å². The normalized spacial score (nSPS) is 11.5. The fourth-order valence-corrected chi connectivity index (χ4v) is 3.49. The van der Waals surface area contributed by atoms with E-state index in [9.17, 15) is 22.8 Å². The van der Waals surface area contributed by atoms with Gasteiger partial charge in [-0.25, -0.2) is 9.78 Å². The number of halogens is 3. The quantitative estimate of drug-likeness (QED) is 0.378. The molecule has 0 atom stereocenters. The van der Waals surface area contributed by atoms with Crippen LogP contribution >= 0.6 is 11.3 Å². The molecule has 0 bridgehead atoms. The van der Waals surface area contributed by atoms with Gasteiger partial charge in [-0.3, -0.25) is 4.79 Å². The van der Waals surface area contributed by atoms with Crippen molar-refractivity contribution in [1.82, 2.24) is 4.98 Å². The standard InChI is InChI=1S/C23H19F3N2O3S/c1-15-5-2-3-8-19(15)28-20(29)12-21-27-18(14-32-21)13-31-22(30)10-9-16-6-4-7-17(11-16)23(24,25)26/h2-11,14H,12-13H2,1H3,(H,28,29)/b10-9+. The highest BCUT2D eigenvalue weighted by Crippen LogP contribution is 2.29. The molecule has 9 heteroatoms. The van der Waals surface area contributed by atoms with Crippen LogP contribution in [0.25, 0.3) is 6.08 Å². The van der Waals surface area contributed by atoms with Gasteiger partial charge in [-0.2, -0.15) is 13.2 Å². The van der Waals surface area contributed by atoms with Gasteiger partial charge in [0, 0.05) is 17.1 Å². The molecule has 166 valence electrons. The Morgan fingerprint density at radius 1 is 1.16 bits per heavy atom. The van der Waals surface area contributed by atoms with Crippen LogP contribution in [0.2, 0.25) is 0 Å². The molecule has 3 rings (SSSR count). The average Bonchev–Trinajstić information content (AvgIpc) is 3.19. The summed E-state index contributed by atoms with van der Waals surface area (Å²) in [6, 6.07) is 12.0. The highest BCUT2D eigenvalue weighted by Gasteiger charge is 2.30. The van der Waals surface area contributed by atoms with Gasteiger partial charge in [0.2, 0.25) is 5.91 Å². The lowest BCUT2D eigenvalue weighted by atomic mass is 10.1. The zero-order valence-corrected chi connectivity index (χ0v) is 17.8. The first-order valence-electron chi connectivity index (χ1n) is 9.51. The number of hydrogen-bond donors (Lipinski definition) is 1. The van der Waals surface area contributed by atoms with Crippen molar-refractivity contribution in [3.8, 4) is 0 Å². The number of nitrogens with zero attached hydrogens (tertiary/aromatic N) is 1. The zero-order valence-electron chi connectivity index (χ0n) is 17.0. The lowest BCUT2D eigenvalue weighted by Crippen LogP contribution is -2.15. The van der Waals surface area contributed by atoms with Crippen molar-refractivity contribution >= 4 is 35.0 Å². The third kappa shape index (κ3) is 6.78. The van der Waals surface area contributed by atoms with Crippen LogP contribution in [0.15, 0.2) is 60.0 Å². The van der Waals surface area contributed by atoms with Crippen molar-refractivity contribution in [2.24, 2.45) is 0 Å². The minimum atomic E-state index is -4.45. The maximum absolute atomic E-state index is 12.7. The number of carbonyl (C=O) groups is 2. The topological polar surface area (TPSA) is 68.3 Å². The Hall–Kier alpha value is -3.46. The highest BCUT2D eigenvalue weighted by atomic mass is 32.1. The van der Waals surface area contributed by atoms with E-state index < -0.39 is 17.7 Å². The summed E-state index contributed by atoms with van der Waals surface area (Å²) in [6.45, 7) is 1.79. The number of hydrogen-bond acceptors (Lipinski definition) is 5. The first kappa shape index (κ1) is 23.2. The number of anilines is 1. The molecule has 1 N–H and O–H groups in total. The van der Waals surface area contributed by atoms with Gasteiger partial charge < -0.3 is 10.1 Å². The molecule has 32 heavy (non-hydrogen) atoms. The Kier molecular flexibility index (Phi) is 7.42. The van der Waals surface area contributed by atoms with Crippen LogP contribution in [0, 0.1) is 6.92 Å². The molecule has 1 heterocycles. The van der Waals surface area contributed by atoms with E-state index in [1.807, 2.05) is 31.2 Å². The average molecular weight is 460 g/mol.